The van der Waals surface area contributed by atoms with E-state index in [9.17, 15) is 4.79 Å². The summed E-state index contributed by atoms with van der Waals surface area (Å²) in [6.07, 6.45) is 0. The van der Waals surface area contributed by atoms with Crippen LogP contribution in [0.2, 0.25) is 10.0 Å². The van der Waals surface area contributed by atoms with Crippen LogP contribution < -0.4 is 10.1 Å². The highest BCUT2D eigenvalue weighted by atomic mass is 35.5. The Balaban J connectivity index is 1.89. The molecule has 0 spiro atoms. The van der Waals surface area contributed by atoms with E-state index in [0.29, 0.717) is 21.5 Å². The van der Waals surface area contributed by atoms with Crippen molar-refractivity contribution < 1.29 is 9.53 Å². The highest BCUT2D eigenvalue weighted by molar-refractivity contribution is 8.00. The number of hydrogen-bond acceptors (Lipinski definition) is 3. The molecule has 0 atom stereocenters. The fraction of sp³-hybridized carbons (Fsp3) is 0.133. The summed E-state index contributed by atoms with van der Waals surface area (Å²) in [7, 11) is 1.62. The number of ether oxygens (including phenoxy) is 1. The zero-order valence-corrected chi connectivity index (χ0v) is 13.6. The Morgan fingerprint density at radius 3 is 2.33 bits per heavy atom. The van der Waals surface area contributed by atoms with Crippen molar-refractivity contribution in [3.05, 3.63) is 52.5 Å². The average molecular weight is 342 g/mol. The molecular formula is C15H13Cl2NO2S. The van der Waals surface area contributed by atoms with Gasteiger partial charge in [0.15, 0.2) is 0 Å². The van der Waals surface area contributed by atoms with Crippen molar-refractivity contribution in [1.82, 2.24) is 0 Å². The van der Waals surface area contributed by atoms with Crippen LogP contribution in [0.4, 0.5) is 5.69 Å². The molecule has 0 aliphatic carbocycles. The predicted molar refractivity (Wildman–Crippen MR) is 88.8 cm³/mol. The molecule has 0 aliphatic rings. The molecule has 110 valence electrons. The first-order valence-corrected chi connectivity index (χ1v) is 7.84. The van der Waals surface area contributed by atoms with E-state index in [1.807, 2.05) is 24.3 Å². The van der Waals surface area contributed by atoms with Gasteiger partial charge in [-0.15, -0.1) is 11.8 Å². The van der Waals surface area contributed by atoms with Crippen LogP contribution in [-0.2, 0) is 4.79 Å². The Hall–Kier alpha value is -1.36. The Morgan fingerprint density at radius 1 is 1.14 bits per heavy atom. The summed E-state index contributed by atoms with van der Waals surface area (Å²) in [6, 6.07) is 12.5. The Bertz CT molecular complexity index is 612. The number of hydrogen-bond donors (Lipinski definition) is 1. The van der Waals surface area contributed by atoms with Gasteiger partial charge in [0, 0.05) is 20.6 Å². The molecule has 1 amide bonds. The van der Waals surface area contributed by atoms with E-state index in [1.54, 1.807) is 25.3 Å². The lowest BCUT2D eigenvalue weighted by molar-refractivity contribution is -0.113. The van der Waals surface area contributed by atoms with Gasteiger partial charge in [0.25, 0.3) is 0 Å². The first kappa shape index (κ1) is 16.0. The van der Waals surface area contributed by atoms with Gasteiger partial charge in [-0.1, -0.05) is 23.2 Å². The zero-order valence-electron chi connectivity index (χ0n) is 11.2. The number of halogens is 2. The molecule has 0 bridgehead atoms. The third-order valence-corrected chi connectivity index (χ3v) is 4.02. The molecule has 0 radical (unpaired) electrons. The van der Waals surface area contributed by atoms with Gasteiger partial charge >= 0.3 is 0 Å². The molecule has 0 fully saturated rings. The first-order valence-electron chi connectivity index (χ1n) is 6.09. The highest BCUT2D eigenvalue weighted by Gasteiger charge is 2.05. The fourth-order valence-corrected chi connectivity index (χ4v) is 2.87. The van der Waals surface area contributed by atoms with Gasteiger partial charge in [0.2, 0.25) is 5.91 Å². The molecular weight excluding hydrogens is 329 g/mol. The van der Waals surface area contributed by atoms with Crippen molar-refractivity contribution in [3.63, 3.8) is 0 Å². The monoisotopic (exact) mass is 341 g/mol. The number of rotatable bonds is 5. The van der Waals surface area contributed by atoms with Crippen molar-refractivity contribution in [3.8, 4) is 5.75 Å². The summed E-state index contributed by atoms with van der Waals surface area (Å²) in [5, 5.41) is 3.74. The predicted octanol–water partition coefficient (Wildman–Crippen LogP) is 4.73. The summed E-state index contributed by atoms with van der Waals surface area (Å²) in [6.45, 7) is 0. The van der Waals surface area contributed by atoms with Crippen molar-refractivity contribution in [2.24, 2.45) is 0 Å². The molecule has 3 nitrogen and oxygen atoms in total. The van der Waals surface area contributed by atoms with E-state index in [1.165, 1.54) is 11.8 Å². The molecule has 6 heteroatoms. The summed E-state index contributed by atoms with van der Waals surface area (Å²) in [5.41, 5.74) is 0.591. The number of methoxy groups -OCH3 is 1. The maximum atomic E-state index is 11.9. The molecule has 21 heavy (non-hydrogen) atoms. The smallest absolute Gasteiger partial charge is 0.234 e. The summed E-state index contributed by atoms with van der Waals surface area (Å²) in [5.74, 6) is 0.975. The van der Waals surface area contributed by atoms with E-state index >= 15 is 0 Å². The number of nitrogens with one attached hydrogen (secondary N) is 1. The maximum Gasteiger partial charge on any atom is 0.234 e. The van der Waals surface area contributed by atoms with Crippen LogP contribution in [0.25, 0.3) is 0 Å². The summed E-state index contributed by atoms with van der Waals surface area (Å²) in [4.78, 5) is 12.9. The van der Waals surface area contributed by atoms with Crippen molar-refractivity contribution in [1.29, 1.82) is 0 Å². The van der Waals surface area contributed by atoms with Crippen molar-refractivity contribution in [2.75, 3.05) is 18.2 Å². The Kier molecular flexibility index (Phi) is 5.79. The molecule has 1 N–H and O–H groups in total. The largest absolute Gasteiger partial charge is 0.497 e. The second-order valence-corrected chi connectivity index (χ2v) is 6.09. The van der Waals surface area contributed by atoms with E-state index in [0.717, 1.165) is 10.6 Å². The second kappa shape index (κ2) is 7.59. The minimum atomic E-state index is -0.117. The van der Waals surface area contributed by atoms with E-state index < -0.39 is 0 Å². The van der Waals surface area contributed by atoms with Gasteiger partial charge in [0.05, 0.1) is 12.9 Å². The van der Waals surface area contributed by atoms with Crippen LogP contribution in [0.3, 0.4) is 0 Å². The fourth-order valence-electron chi connectivity index (χ4n) is 1.64. The van der Waals surface area contributed by atoms with Crippen LogP contribution in [0.5, 0.6) is 5.75 Å². The number of anilines is 1. The van der Waals surface area contributed by atoms with Crippen LogP contribution in [0.15, 0.2) is 47.4 Å². The van der Waals surface area contributed by atoms with E-state index in [2.05, 4.69) is 5.32 Å². The number of thioether (sulfide) groups is 1. The van der Waals surface area contributed by atoms with Gasteiger partial charge in [-0.05, 0) is 42.5 Å². The number of carbonyl (C=O) groups excluding carboxylic acids is 1. The second-order valence-electron chi connectivity index (χ2n) is 4.17. The van der Waals surface area contributed by atoms with E-state index in [4.69, 9.17) is 27.9 Å². The van der Waals surface area contributed by atoms with Gasteiger partial charge in [-0.25, -0.2) is 0 Å². The normalized spacial score (nSPS) is 10.2. The Morgan fingerprint density at radius 2 is 1.76 bits per heavy atom. The van der Waals surface area contributed by atoms with E-state index in [-0.39, 0.29) is 5.91 Å². The standard InChI is InChI=1S/C15H13Cl2NO2S/c1-20-13-2-4-14(5-3-13)21-9-15(19)18-12-7-10(16)6-11(17)8-12/h2-8H,9H2,1H3,(H,18,19). The highest BCUT2D eigenvalue weighted by Crippen LogP contribution is 2.24. The molecule has 0 aliphatic heterocycles. The molecule has 0 saturated carbocycles. The number of benzene rings is 2. The Labute approximate surface area is 137 Å². The number of amides is 1. The van der Waals surface area contributed by atoms with Gasteiger partial charge < -0.3 is 10.1 Å². The SMILES string of the molecule is COc1ccc(SCC(=O)Nc2cc(Cl)cc(Cl)c2)cc1. The van der Waals surface area contributed by atoms with Gasteiger partial charge in [-0.2, -0.15) is 0 Å². The maximum absolute atomic E-state index is 11.9. The topological polar surface area (TPSA) is 38.3 Å². The molecule has 2 aromatic carbocycles. The molecule has 0 unspecified atom stereocenters. The molecule has 2 rings (SSSR count). The third kappa shape index (κ3) is 5.16. The molecule has 0 heterocycles. The lowest BCUT2D eigenvalue weighted by Gasteiger charge is -2.07. The van der Waals surface area contributed by atoms with Crippen LogP contribution in [0, 0.1) is 0 Å². The first-order chi connectivity index (χ1) is 10.1. The van der Waals surface area contributed by atoms with Gasteiger partial charge in [0.1, 0.15) is 5.75 Å². The van der Waals surface area contributed by atoms with Gasteiger partial charge in [-0.3, -0.25) is 4.79 Å². The minimum Gasteiger partial charge on any atom is -0.497 e. The molecule has 2 aromatic rings. The summed E-state index contributed by atoms with van der Waals surface area (Å²) >= 11 is 13.2. The van der Waals surface area contributed by atoms with Crippen molar-refractivity contribution >= 4 is 46.6 Å². The van der Waals surface area contributed by atoms with Crippen LogP contribution >= 0.6 is 35.0 Å². The third-order valence-electron chi connectivity index (χ3n) is 2.58. The van der Waals surface area contributed by atoms with Crippen LogP contribution in [-0.4, -0.2) is 18.8 Å². The number of carbonyl (C=O) groups is 1. The van der Waals surface area contributed by atoms with Crippen molar-refractivity contribution in [2.45, 2.75) is 4.90 Å². The van der Waals surface area contributed by atoms with Crippen LogP contribution in [0.1, 0.15) is 0 Å². The summed E-state index contributed by atoms with van der Waals surface area (Å²) < 4.78 is 5.08. The molecule has 0 saturated heterocycles. The average Bonchev–Trinajstić information content (AvgIpc) is 2.44. The molecule has 0 aromatic heterocycles. The quantitative estimate of drug-likeness (QED) is 0.798. The lowest BCUT2D eigenvalue weighted by Crippen LogP contribution is -2.13. The lowest BCUT2D eigenvalue weighted by atomic mass is 10.3. The minimum absolute atomic E-state index is 0.117. The zero-order chi connectivity index (χ0) is 15.2.